The number of rotatable bonds is 0. The van der Waals surface area contributed by atoms with Crippen LogP contribution >= 0.6 is 0 Å². The second-order valence-corrected chi connectivity index (χ2v) is 2.35. The number of phenolic OH excluding ortho intramolecular Hbond substituents is 1. The summed E-state index contributed by atoms with van der Waals surface area (Å²) in [5.41, 5.74) is 0.662. The zero-order chi connectivity index (χ0) is 7.68. The van der Waals surface area contributed by atoms with Gasteiger partial charge in [0.2, 0.25) is 0 Å². The van der Waals surface area contributed by atoms with Crippen molar-refractivity contribution in [1.82, 2.24) is 4.98 Å². The molecule has 1 aromatic heterocycles. The molecule has 2 aromatic rings. The Labute approximate surface area is 123 Å². The minimum atomic E-state index is 0. The van der Waals surface area contributed by atoms with Crippen molar-refractivity contribution < 1.29 is 48.4 Å². The summed E-state index contributed by atoms with van der Waals surface area (Å²) in [5.74, 6) is 0.239. The predicted octanol–water partition coefficient (Wildman–Crippen LogP) is 0.751. The molecule has 2 nitrogen and oxygen atoms in total. The van der Waals surface area contributed by atoms with Crippen molar-refractivity contribution >= 4 is 28.3 Å². The summed E-state index contributed by atoms with van der Waals surface area (Å²) in [4.78, 5) is 4.03. The molecule has 0 amide bonds. The molecule has 5 heteroatoms. The number of benzene rings is 1. The van der Waals surface area contributed by atoms with Crippen molar-refractivity contribution in [3.8, 4) is 5.75 Å². The number of fused-ring (bicyclic) bond motifs is 1. The summed E-state index contributed by atoms with van der Waals surface area (Å²) >= 11 is 0. The van der Waals surface area contributed by atoms with Gasteiger partial charge in [0.05, 0.1) is 0 Å². The first-order chi connectivity index (χ1) is 5.38. The summed E-state index contributed by atoms with van der Waals surface area (Å²) in [6, 6.07) is 9.13. The Morgan fingerprint density at radius 3 is 2.36 bits per heavy atom. The summed E-state index contributed by atoms with van der Waals surface area (Å²) in [6.45, 7) is 0. The van der Waals surface area contributed by atoms with Crippen molar-refractivity contribution in [2.24, 2.45) is 0 Å². The average molecular weight is 330 g/mol. The van der Waals surface area contributed by atoms with Crippen LogP contribution in [0.15, 0.2) is 36.5 Å². The molecule has 1 N–H and O–H groups in total. The van der Waals surface area contributed by atoms with E-state index in [-0.39, 0.29) is 66.4 Å². The molecule has 0 unspecified atom stereocenters. The van der Waals surface area contributed by atoms with Gasteiger partial charge in [-0.25, -0.2) is 0 Å². The zero-order valence-electron chi connectivity index (χ0n) is 6.66. The van der Waals surface area contributed by atoms with Gasteiger partial charge in [-0.3, -0.25) is 4.98 Å². The Bertz CT molecular complexity index is 394. The average Bonchev–Trinajstić information content (AvgIpc) is 2.06. The normalized spacial score (nSPS) is 8.00. The van der Waals surface area contributed by atoms with Crippen molar-refractivity contribution in [2.75, 3.05) is 0 Å². The van der Waals surface area contributed by atoms with Crippen LogP contribution in [0.4, 0.5) is 0 Å². The molecule has 14 heavy (non-hydrogen) atoms. The second-order valence-electron chi connectivity index (χ2n) is 2.35. The summed E-state index contributed by atoms with van der Waals surface area (Å²) < 4.78 is 0. The monoisotopic (exact) mass is 328 g/mol. The van der Waals surface area contributed by atoms with E-state index in [1.807, 2.05) is 18.2 Å². The quantitative estimate of drug-likeness (QED) is 0.724. The van der Waals surface area contributed by atoms with Gasteiger partial charge < -0.3 is 5.11 Å². The minimum Gasteiger partial charge on any atom is -0.506 e. The van der Waals surface area contributed by atoms with Gasteiger partial charge in [0.1, 0.15) is 11.3 Å². The molecule has 75 valence electrons. The van der Waals surface area contributed by atoms with Crippen molar-refractivity contribution in [1.29, 1.82) is 0 Å². The van der Waals surface area contributed by atoms with Crippen molar-refractivity contribution in [3.05, 3.63) is 36.5 Å². The Morgan fingerprint density at radius 1 is 1.07 bits per heavy atom. The van der Waals surface area contributed by atoms with E-state index in [0.717, 1.165) is 5.39 Å². The summed E-state index contributed by atoms with van der Waals surface area (Å²) in [6.07, 6.45) is 1.67. The van der Waals surface area contributed by atoms with Gasteiger partial charge in [0.25, 0.3) is 0 Å². The number of hydrogen-bond acceptors (Lipinski definition) is 2. The van der Waals surface area contributed by atoms with Gasteiger partial charge in [-0.05, 0) is 12.1 Å². The Balaban J connectivity index is 0. The Morgan fingerprint density at radius 2 is 1.71 bits per heavy atom. The molecule has 0 bridgehead atoms. The van der Waals surface area contributed by atoms with E-state index in [9.17, 15) is 5.11 Å². The van der Waals surface area contributed by atoms with Gasteiger partial charge in [-0.15, -0.1) is 0 Å². The van der Waals surface area contributed by atoms with E-state index < -0.39 is 0 Å². The summed E-state index contributed by atoms with van der Waals surface area (Å²) in [7, 11) is 0. The molecule has 1 heterocycles. The summed E-state index contributed by atoms with van der Waals surface area (Å²) in [5, 5.41) is 10.3. The fraction of sp³-hybridized carbons (Fsp3) is 0. The van der Waals surface area contributed by atoms with Gasteiger partial charge in [-0.2, -0.15) is 0 Å². The molecule has 0 aliphatic rings. The number of nitrogens with zero attached hydrogens (tertiary/aromatic N) is 1. The maximum Gasteiger partial charge on any atom is 0.187 e. The molecular weight excluding hydrogens is 320 g/mol. The van der Waals surface area contributed by atoms with Gasteiger partial charge in [-0.1, -0.05) is 18.2 Å². The first kappa shape index (κ1) is 16.8. The predicted molar refractivity (Wildman–Crippen MR) is 53.3 cm³/mol. The van der Waals surface area contributed by atoms with Crippen LogP contribution in [0.25, 0.3) is 10.9 Å². The Hall–Kier alpha value is 0.365. The van der Waals surface area contributed by atoms with E-state index >= 15 is 0 Å². The van der Waals surface area contributed by atoms with E-state index in [1.54, 1.807) is 18.3 Å². The fourth-order valence-corrected chi connectivity index (χ4v) is 1.09. The molecule has 0 saturated carbocycles. The largest absolute Gasteiger partial charge is 0.506 e. The van der Waals surface area contributed by atoms with Crippen LogP contribution in [0.3, 0.4) is 0 Å². The molecular formula is C9H10AlCuNOZr. The molecule has 1 radical (unpaired) electrons. The minimum absolute atomic E-state index is 0. The number of aromatic hydroxyl groups is 1. The third-order valence-corrected chi connectivity index (χ3v) is 1.61. The maximum absolute atomic E-state index is 9.31. The van der Waals surface area contributed by atoms with Crippen LogP contribution in [0.1, 0.15) is 0 Å². The Kier molecular flexibility index (Phi) is 9.15. The number of aromatic nitrogens is 1. The fourth-order valence-electron chi connectivity index (χ4n) is 1.09. The van der Waals surface area contributed by atoms with E-state index in [0.29, 0.717) is 5.52 Å². The third kappa shape index (κ3) is 3.50. The van der Waals surface area contributed by atoms with E-state index in [1.165, 1.54) is 0 Å². The molecule has 2 rings (SSSR count). The SMILES string of the molecule is Oc1cccc2cccnc12.[AlH3].[Cu].[Zr]. The topological polar surface area (TPSA) is 33.1 Å². The molecule has 0 fully saturated rings. The zero-order valence-corrected chi connectivity index (χ0v) is 10.1. The number of phenols is 1. The van der Waals surface area contributed by atoms with Crippen molar-refractivity contribution in [3.63, 3.8) is 0 Å². The number of pyridine rings is 1. The number of hydrogen-bond donors (Lipinski definition) is 1. The van der Waals surface area contributed by atoms with Crippen molar-refractivity contribution in [2.45, 2.75) is 0 Å². The van der Waals surface area contributed by atoms with Crippen LogP contribution < -0.4 is 0 Å². The molecule has 0 aliphatic carbocycles. The van der Waals surface area contributed by atoms with E-state index in [2.05, 4.69) is 4.98 Å². The van der Waals surface area contributed by atoms with Gasteiger partial charge in [0.15, 0.2) is 17.4 Å². The maximum atomic E-state index is 9.31. The first-order valence-electron chi connectivity index (χ1n) is 3.40. The third-order valence-electron chi connectivity index (χ3n) is 1.61. The molecule has 0 saturated heterocycles. The smallest absolute Gasteiger partial charge is 0.187 e. The second kappa shape index (κ2) is 7.63. The molecule has 0 aliphatic heterocycles. The van der Waals surface area contributed by atoms with E-state index in [4.69, 9.17) is 0 Å². The van der Waals surface area contributed by atoms with Gasteiger partial charge in [0, 0.05) is 54.9 Å². The van der Waals surface area contributed by atoms with Crippen LogP contribution in [0.5, 0.6) is 5.75 Å². The van der Waals surface area contributed by atoms with Crippen LogP contribution in [0, 0.1) is 0 Å². The molecule has 0 spiro atoms. The number of para-hydroxylation sites is 1. The first-order valence-corrected chi connectivity index (χ1v) is 3.40. The van der Waals surface area contributed by atoms with Crippen LogP contribution in [0.2, 0.25) is 0 Å². The molecule has 1 aromatic carbocycles. The standard InChI is InChI=1S/C9H7NO.Al.Cu.Zr.3H/c11-8-5-1-3-7-4-2-6-10-9(7)8;;;;;;/h1-6,11H;;;;;;. The molecule has 0 atom stereocenters. The van der Waals surface area contributed by atoms with Crippen LogP contribution in [-0.2, 0) is 43.3 Å². The van der Waals surface area contributed by atoms with Gasteiger partial charge >= 0.3 is 0 Å². The van der Waals surface area contributed by atoms with Crippen LogP contribution in [-0.4, -0.2) is 27.5 Å².